The number of hydrogen-bond acceptors (Lipinski definition) is 17. The lowest BCUT2D eigenvalue weighted by Gasteiger charge is -2.28. The maximum Gasteiger partial charge on any atom is 0.326 e. The van der Waals surface area contributed by atoms with E-state index < -0.39 is 169 Å². The third-order valence-corrected chi connectivity index (χ3v) is 11.9. The third-order valence-electron chi connectivity index (χ3n) is 11.9. The summed E-state index contributed by atoms with van der Waals surface area (Å²) in [5.41, 5.74) is 17.2. The Morgan fingerprint density at radius 2 is 1.10 bits per heavy atom. The first-order valence-electron chi connectivity index (χ1n) is 25.5. The van der Waals surface area contributed by atoms with Gasteiger partial charge in [-0.1, -0.05) is 39.8 Å². The van der Waals surface area contributed by atoms with Gasteiger partial charge in [-0.3, -0.25) is 57.7 Å². The largest absolute Gasteiger partial charge is 0.508 e. The molecule has 0 aliphatic heterocycles. The van der Waals surface area contributed by atoms with Crippen molar-refractivity contribution < 1.29 is 83.1 Å². The number of H-pyrrole nitrogens is 1. The molecule has 0 radical (unpaired) electrons. The Balaban J connectivity index is 2.42. The predicted molar refractivity (Wildman–Crippen MR) is 284 cm³/mol. The number of phenolic OH excluding ortho intramolecular Hbond substituents is 1. The average Bonchev–Trinajstić information content (AvgIpc) is 3.90. The molecule has 448 valence electrons. The standard InChI is InChI=1S/C49H75N15O17/c1-22(2)37(62-40(72)24(5)50)46(78)61-31(16-26-9-11-28(66)12-10-26)44(76)60-33(18-36(70)71)41(73)55-20-34(67)57-29(8-7-15-54-49(51)52)42(74)58-30(13-14-35(68)69)43(75)59-32(17-27-19-53-21-56-27)45(77)64-39(25(6)65)47(79)63-38(23(3)4)48(80)81/h9-12,19,21-25,29-33,37-39,65-66H,7-8,13-18,20,50H2,1-6H3,(H,53,56)(H,55,73)(H,57,67)(H,58,74)(H,59,75)(H,60,76)(H,61,78)(H,62,72)(H,63,79)(H,64,77)(H,68,69)(H,70,71)(H,80,81)(H4,51,52,54)/t24-,25+,29-,30-,31-,32-,33-,37-,38-,39-/m0/s1. The highest BCUT2D eigenvalue weighted by Gasteiger charge is 2.37. The molecule has 0 aliphatic carbocycles. The number of aliphatic hydroxyl groups is 1. The molecule has 1 heterocycles. The number of benzene rings is 1. The molecule has 1 aromatic carbocycles. The lowest BCUT2D eigenvalue weighted by molar-refractivity contribution is -0.144. The van der Waals surface area contributed by atoms with Crippen LogP contribution in [0.1, 0.15) is 84.9 Å². The summed E-state index contributed by atoms with van der Waals surface area (Å²) in [7, 11) is 0. The van der Waals surface area contributed by atoms with Crippen LogP contribution in [0.2, 0.25) is 0 Å². The number of aromatic amines is 1. The summed E-state index contributed by atoms with van der Waals surface area (Å²) in [4.78, 5) is 168. The van der Waals surface area contributed by atoms with Gasteiger partial charge in [0.1, 0.15) is 54.1 Å². The molecule has 0 bridgehead atoms. The molecule has 0 saturated carbocycles. The molecule has 0 unspecified atom stereocenters. The van der Waals surface area contributed by atoms with Crippen LogP contribution >= 0.6 is 0 Å². The van der Waals surface area contributed by atoms with Gasteiger partial charge in [0.15, 0.2) is 5.96 Å². The number of hydrogen-bond donors (Lipinski definition) is 18. The van der Waals surface area contributed by atoms with E-state index >= 15 is 0 Å². The van der Waals surface area contributed by atoms with Crippen molar-refractivity contribution in [2.75, 3.05) is 13.1 Å². The lowest BCUT2D eigenvalue weighted by Crippen LogP contribution is -2.61. The number of amides is 9. The van der Waals surface area contributed by atoms with Gasteiger partial charge in [-0.15, -0.1) is 0 Å². The zero-order valence-corrected chi connectivity index (χ0v) is 45.5. The monoisotopic (exact) mass is 1150 g/mol. The van der Waals surface area contributed by atoms with Gasteiger partial charge in [0.25, 0.3) is 0 Å². The Morgan fingerprint density at radius 1 is 0.593 bits per heavy atom. The Morgan fingerprint density at radius 3 is 1.62 bits per heavy atom. The minimum Gasteiger partial charge on any atom is -0.508 e. The van der Waals surface area contributed by atoms with E-state index in [4.69, 9.17) is 17.2 Å². The zero-order valence-electron chi connectivity index (χ0n) is 45.5. The molecular weight excluding hydrogens is 1070 g/mol. The van der Waals surface area contributed by atoms with Gasteiger partial charge >= 0.3 is 17.9 Å². The minimum atomic E-state index is -1.91. The van der Waals surface area contributed by atoms with Gasteiger partial charge in [0.05, 0.1) is 31.4 Å². The van der Waals surface area contributed by atoms with Crippen LogP contribution in [-0.2, 0) is 70.4 Å². The lowest BCUT2D eigenvalue weighted by atomic mass is 10.00. The summed E-state index contributed by atoms with van der Waals surface area (Å²) in [5.74, 6) is -15.4. The number of rotatable bonds is 35. The minimum absolute atomic E-state index is 0.0194. The van der Waals surface area contributed by atoms with Gasteiger partial charge in [0, 0.05) is 37.7 Å². The molecule has 0 aliphatic rings. The Bertz CT molecular complexity index is 2540. The van der Waals surface area contributed by atoms with Crippen LogP contribution in [0.25, 0.3) is 0 Å². The van der Waals surface area contributed by atoms with E-state index in [0.717, 1.165) is 6.92 Å². The van der Waals surface area contributed by atoms with Crippen LogP contribution in [0, 0.1) is 11.8 Å². The number of phenols is 1. The van der Waals surface area contributed by atoms with Crippen molar-refractivity contribution in [3.63, 3.8) is 0 Å². The van der Waals surface area contributed by atoms with Crippen molar-refractivity contribution in [3.8, 4) is 5.75 Å². The Hall–Kier alpha value is -8.94. The topological polar surface area (TPSA) is 533 Å². The van der Waals surface area contributed by atoms with Gasteiger partial charge in [-0.25, -0.2) is 9.78 Å². The molecule has 1 aromatic heterocycles. The number of carboxylic acids is 3. The second kappa shape index (κ2) is 33.5. The fourth-order valence-electron chi connectivity index (χ4n) is 7.45. The highest BCUT2D eigenvalue weighted by atomic mass is 16.4. The number of carboxylic acid groups (broad SMARTS) is 3. The summed E-state index contributed by atoms with van der Waals surface area (Å²) < 4.78 is 0. The molecule has 32 nitrogen and oxygen atoms in total. The molecule has 0 spiro atoms. The Labute approximate surface area is 464 Å². The molecule has 81 heavy (non-hydrogen) atoms. The zero-order chi connectivity index (χ0) is 61.3. The van der Waals surface area contributed by atoms with E-state index in [9.17, 15) is 83.1 Å². The van der Waals surface area contributed by atoms with Crippen molar-refractivity contribution in [2.45, 2.75) is 147 Å². The number of nitrogens with two attached hydrogens (primary N) is 3. The quantitative estimate of drug-likeness (QED) is 0.0174. The second-order valence-electron chi connectivity index (χ2n) is 19.5. The summed E-state index contributed by atoms with van der Waals surface area (Å²) in [6, 6.07) is -8.43. The SMILES string of the molecule is CC(C)[C@H](NC(=O)[C@@H](NC(=O)[C@H](Cc1cnc[nH]1)NC(=O)[C@H](CCC(=O)O)NC(=O)[C@H](CCCN=C(N)N)NC(=O)CNC(=O)[C@H](CC(=O)O)NC(=O)[C@H](Cc1ccc(O)cc1)NC(=O)[C@@H](NC(=O)[C@H](C)N)C(C)C)[C@@H](C)O)C(=O)O. The first-order chi connectivity index (χ1) is 37.9. The molecule has 0 fully saturated rings. The van der Waals surface area contributed by atoms with E-state index in [1.807, 2.05) is 0 Å². The maximum atomic E-state index is 14.1. The van der Waals surface area contributed by atoms with Crippen LogP contribution in [0.4, 0.5) is 0 Å². The number of guanidine groups is 1. The summed E-state index contributed by atoms with van der Waals surface area (Å²) in [5, 5.41) is 70.3. The number of nitrogens with zero attached hydrogens (tertiary/aromatic N) is 2. The number of aromatic hydroxyl groups is 1. The fraction of sp³-hybridized carbons (Fsp3) is 0.551. The van der Waals surface area contributed by atoms with Gasteiger partial charge < -0.3 is 95.6 Å². The normalized spacial score (nSPS) is 14.7. The number of nitrogens with one attached hydrogen (secondary N) is 10. The molecule has 0 saturated heterocycles. The highest BCUT2D eigenvalue weighted by molar-refractivity contribution is 5.99. The van der Waals surface area contributed by atoms with Crippen molar-refractivity contribution >= 4 is 77.0 Å². The molecular formula is C49H75N15O17. The van der Waals surface area contributed by atoms with Gasteiger partial charge in [-0.05, 0) is 62.6 Å². The predicted octanol–water partition coefficient (Wildman–Crippen LogP) is -5.59. The van der Waals surface area contributed by atoms with Crippen LogP contribution in [-0.4, -0.2) is 186 Å². The number of aliphatic imine (C=N–C) groups is 1. The van der Waals surface area contributed by atoms with Crippen LogP contribution in [0.3, 0.4) is 0 Å². The number of carbonyl (C=O) groups excluding carboxylic acids is 9. The number of aliphatic carboxylic acids is 3. The smallest absolute Gasteiger partial charge is 0.326 e. The summed E-state index contributed by atoms with van der Waals surface area (Å²) in [6.45, 7) is 7.67. The van der Waals surface area contributed by atoms with Crippen molar-refractivity contribution in [3.05, 3.63) is 48.0 Å². The summed E-state index contributed by atoms with van der Waals surface area (Å²) in [6.07, 6.45) is -2.44. The van der Waals surface area contributed by atoms with Crippen LogP contribution in [0.15, 0.2) is 41.8 Å². The first-order valence-corrected chi connectivity index (χ1v) is 25.5. The van der Waals surface area contributed by atoms with E-state index in [2.05, 4.69) is 62.8 Å². The molecule has 32 heteroatoms. The molecule has 9 amide bonds. The van der Waals surface area contributed by atoms with Crippen molar-refractivity contribution in [1.82, 2.24) is 57.8 Å². The molecule has 21 N–H and O–H groups in total. The number of aliphatic hydroxyl groups excluding tert-OH is 1. The van der Waals surface area contributed by atoms with Gasteiger partial charge in [-0.2, -0.15) is 0 Å². The number of imidazole rings is 1. The first kappa shape index (κ1) is 68.2. The van der Waals surface area contributed by atoms with Crippen molar-refractivity contribution in [1.29, 1.82) is 0 Å². The maximum absolute atomic E-state index is 14.1. The van der Waals surface area contributed by atoms with E-state index in [1.165, 1.54) is 57.6 Å². The van der Waals surface area contributed by atoms with E-state index in [0.29, 0.717) is 5.56 Å². The molecule has 2 rings (SSSR count). The molecule has 10 atom stereocenters. The van der Waals surface area contributed by atoms with Crippen LogP contribution in [0.5, 0.6) is 5.75 Å². The van der Waals surface area contributed by atoms with Crippen LogP contribution < -0.4 is 65.1 Å². The fourth-order valence-corrected chi connectivity index (χ4v) is 7.45. The second-order valence-corrected chi connectivity index (χ2v) is 19.5. The number of aromatic nitrogens is 2. The Kier molecular flexibility index (Phi) is 28.2. The van der Waals surface area contributed by atoms with Crippen molar-refractivity contribution in [2.24, 2.45) is 34.0 Å². The third kappa shape index (κ3) is 24.7. The van der Waals surface area contributed by atoms with E-state index in [-0.39, 0.29) is 49.6 Å². The van der Waals surface area contributed by atoms with E-state index in [1.54, 1.807) is 13.8 Å². The average molecular weight is 1150 g/mol. The molecule has 2 aromatic rings. The number of carbonyl (C=O) groups is 12. The van der Waals surface area contributed by atoms with Gasteiger partial charge in [0.2, 0.25) is 53.2 Å². The summed E-state index contributed by atoms with van der Waals surface area (Å²) >= 11 is 0. The highest BCUT2D eigenvalue weighted by Crippen LogP contribution is 2.14.